The van der Waals surface area contributed by atoms with E-state index in [4.69, 9.17) is 27.9 Å². The Bertz CT molecular complexity index is 842. The molecule has 3 rings (SSSR count). The summed E-state index contributed by atoms with van der Waals surface area (Å²) in [5.41, 5.74) is 2.73. The molecule has 0 aliphatic carbocycles. The fourth-order valence-corrected chi connectivity index (χ4v) is 3.30. The van der Waals surface area contributed by atoms with Crippen LogP contribution >= 0.6 is 23.2 Å². The van der Waals surface area contributed by atoms with Crippen molar-refractivity contribution in [3.8, 4) is 0 Å². The number of hydrogen-bond donors (Lipinski definition) is 2. The summed E-state index contributed by atoms with van der Waals surface area (Å²) in [4.78, 5) is 24.2. The third-order valence-corrected chi connectivity index (χ3v) is 5.12. The van der Waals surface area contributed by atoms with E-state index >= 15 is 0 Å². The van der Waals surface area contributed by atoms with Crippen molar-refractivity contribution in [1.29, 1.82) is 0 Å². The van der Waals surface area contributed by atoms with E-state index in [1.54, 1.807) is 12.1 Å². The molecule has 2 aromatic carbocycles. The van der Waals surface area contributed by atoms with Crippen LogP contribution in [0.2, 0.25) is 10.0 Å². The van der Waals surface area contributed by atoms with E-state index in [-0.39, 0.29) is 24.3 Å². The molecule has 1 aliphatic rings. The Balaban J connectivity index is 1.42. The lowest BCUT2D eigenvalue weighted by atomic mass is 9.96. The van der Waals surface area contributed by atoms with Crippen molar-refractivity contribution in [3.05, 3.63) is 69.2 Å². The molecule has 1 heterocycles. The Morgan fingerprint density at radius 2 is 1.81 bits per heavy atom. The van der Waals surface area contributed by atoms with Gasteiger partial charge in [-0.15, -0.1) is 0 Å². The van der Waals surface area contributed by atoms with Crippen molar-refractivity contribution in [3.63, 3.8) is 0 Å². The highest BCUT2D eigenvalue weighted by molar-refractivity contribution is 6.42. The second-order valence-electron chi connectivity index (χ2n) is 6.25. The molecule has 0 saturated carbocycles. The highest BCUT2D eigenvalue weighted by Gasteiger charge is 2.22. The van der Waals surface area contributed by atoms with Gasteiger partial charge in [-0.2, -0.15) is 0 Å². The van der Waals surface area contributed by atoms with Crippen LogP contribution in [0.15, 0.2) is 42.5 Å². The second kappa shape index (κ2) is 9.22. The predicted octanol–water partition coefficient (Wildman–Crippen LogP) is 3.54. The van der Waals surface area contributed by atoms with E-state index in [0.717, 1.165) is 12.0 Å². The second-order valence-corrected chi connectivity index (χ2v) is 7.06. The van der Waals surface area contributed by atoms with Gasteiger partial charge < -0.3 is 15.4 Å². The van der Waals surface area contributed by atoms with E-state index in [1.165, 1.54) is 11.6 Å². The van der Waals surface area contributed by atoms with Gasteiger partial charge in [0.2, 0.25) is 5.91 Å². The molecule has 1 aliphatic heterocycles. The molecule has 1 unspecified atom stereocenters. The monoisotopic (exact) mass is 406 g/mol. The van der Waals surface area contributed by atoms with Crippen LogP contribution in [0.3, 0.4) is 0 Å². The Labute approximate surface area is 168 Å². The van der Waals surface area contributed by atoms with Gasteiger partial charge >= 0.3 is 0 Å². The van der Waals surface area contributed by atoms with Gasteiger partial charge in [-0.1, -0.05) is 47.5 Å². The minimum Gasteiger partial charge on any atom is -0.373 e. The minimum absolute atomic E-state index is 0.111. The number of nitrogens with one attached hydrogen (secondary N) is 2. The summed E-state index contributed by atoms with van der Waals surface area (Å²) in [6, 6.07) is 12.7. The van der Waals surface area contributed by atoms with Crippen LogP contribution in [0.5, 0.6) is 0 Å². The largest absolute Gasteiger partial charge is 0.373 e. The molecule has 0 fully saturated rings. The lowest BCUT2D eigenvalue weighted by Crippen LogP contribution is -2.35. The minimum atomic E-state index is -0.271. The van der Waals surface area contributed by atoms with Gasteiger partial charge in [-0.3, -0.25) is 9.59 Å². The molecule has 0 spiro atoms. The lowest BCUT2D eigenvalue weighted by molar-refractivity contribution is -0.124. The topological polar surface area (TPSA) is 67.4 Å². The number of carbonyl (C=O) groups excluding carboxylic acids is 2. The standard InChI is InChI=1S/C20H20Cl2N2O3/c21-16-6-5-14(11-17(16)22)20(26)24-9-8-23-19(25)12-18-15-4-2-1-3-13(15)7-10-27-18/h1-6,11,18H,7-10,12H2,(H,23,25)(H,24,26). The van der Waals surface area contributed by atoms with E-state index in [2.05, 4.69) is 16.7 Å². The number of hydrogen-bond acceptors (Lipinski definition) is 3. The first-order valence-corrected chi connectivity index (χ1v) is 9.49. The summed E-state index contributed by atoms with van der Waals surface area (Å²) in [5, 5.41) is 6.26. The van der Waals surface area contributed by atoms with Gasteiger partial charge in [0.1, 0.15) is 0 Å². The van der Waals surface area contributed by atoms with E-state index < -0.39 is 0 Å². The number of amides is 2. The SMILES string of the molecule is O=C(CC1OCCc2ccccc21)NCCNC(=O)c1ccc(Cl)c(Cl)c1. The number of fused-ring (bicyclic) bond motifs is 1. The predicted molar refractivity (Wildman–Crippen MR) is 105 cm³/mol. The molecule has 142 valence electrons. The molecule has 0 bridgehead atoms. The zero-order chi connectivity index (χ0) is 19.2. The summed E-state index contributed by atoms with van der Waals surface area (Å²) in [6.45, 7) is 1.27. The Morgan fingerprint density at radius 1 is 1.04 bits per heavy atom. The number of rotatable bonds is 6. The smallest absolute Gasteiger partial charge is 0.251 e. The fraction of sp³-hybridized carbons (Fsp3) is 0.300. The van der Waals surface area contributed by atoms with Crippen molar-refractivity contribution in [2.75, 3.05) is 19.7 Å². The summed E-state index contributed by atoms with van der Waals surface area (Å²) >= 11 is 11.7. The number of ether oxygens (including phenoxy) is 1. The van der Waals surface area contributed by atoms with Crippen LogP contribution < -0.4 is 10.6 Å². The average molecular weight is 407 g/mol. The molecule has 1 atom stereocenters. The van der Waals surface area contributed by atoms with Gasteiger partial charge in [0.25, 0.3) is 5.91 Å². The lowest BCUT2D eigenvalue weighted by Gasteiger charge is -2.25. The van der Waals surface area contributed by atoms with Crippen LogP contribution in [0.4, 0.5) is 0 Å². The Kier molecular flexibility index (Phi) is 6.72. The van der Waals surface area contributed by atoms with Gasteiger partial charge in [0.15, 0.2) is 0 Å². The quantitative estimate of drug-likeness (QED) is 0.720. The van der Waals surface area contributed by atoms with Crippen molar-refractivity contribution in [1.82, 2.24) is 10.6 Å². The van der Waals surface area contributed by atoms with Crippen LogP contribution in [0, 0.1) is 0 Å². The summed E-state index contributed by atoms with van der Waals surface area (Å²) in [7, 11) is 0. The molecule has 0 aromatic heterocycles. The summed E-state index contributed by atoms with van der Waals surface area (Å²) < 4.78 is 5.74. The van der Waals surface area contributed by atoms with Gasteiger partial charge in [0, 0.05) is 18.7 Å². The Morgan fingerprint density at radius 3 is 2.63 bits per heavy atom. The van der Waals surface area contributed by atoms with E-state index in [1.807, 2.05) is 18.2 Å². The molecule has 2 aromatic rings. The number of benzene rings is 2. The molecule has 2 amide bonds. The van der Waals surface area contributed by atoms with Crippen molar-refractivity contribution in [2.24, 2.45) is 0 Å². The van der Waals surface area contributed by atoms with E-state index in [0.29, 0.717) is 35.3 Å². The maximum absolute atomic E-state index is 12.2. The molecule has 0 radical (unpaired) electrons. The average Bonchev–Trinajstić information content (AvgIpc) is 2.67. The maximum Gasteiger partial charge on any atom is 0.251 e. The van der Waals surface area contributed by atoms with Crippen LogP contribution in [0.25, 0.3) is 0 Å². The fourth-order valence-electron chi connectivity index (χ4n) is 3.00. The van der Waals surface area contributed by atoms with E-state index in [9.17, 15) is 9.59 Å². The number of halogens is 2. The summed E-state index contributed by atoms with van der Waals surface area (Å²) in [6.07, 6.45) is 0.910. The maximum atomic E-state index is 12.2. The zero-order valence-corrected chi connectivity index (χ0v) is 16.1. The normalized spacial score (nSPS) is 15.7. The van der Waals surface area contributed by atoms with Crippen LogP contribution in [0.1, 0.15) is 34.0 Å². The number of carbonyl (C=O) groups is 2. The van der Waals surface area contributed by atoms with Crippen LogP contribution in [-0.4, -0.2) is 31.5 Å². The van der Waals surface area contributed by atoms with Gasteiger partial charge in [-0.25, -0.2) is 0 Å². The molecular formula is C20H20Cl2N2O3. The first-order valence-electron chi connectivity index (χ1n) is 8.74. The van der Waals surface area contributed by atoms with Crippen molar-refractivity contribution >= 4 is 35.0 Å². The zero-order valence-electron chi connectivity index (χ0n) is 14.6. The van der Waals surface area contributed by atoms with Crippen LogP contribution in [-0.2, 0) is 16.0 Å². The molecular weight excluding hydrogens is 387 g/mol. The summed E-state index contributed by atoms with van der Waals surface area (Å²) in [5.74, 6) is -0.382. The molecule has 27 heavy (non-hydrogen) atoms. The third kappa shape index (κ3) is 5.22. The molecule has 0 saturated heterocycles. The molecule has 7 heteroatoms. The van der Waals surface area contributed by atoms with Gasteiger partial charge in [0.05, 0.1) is 29.2 Å². The third-order valence-electron chi connectivity index (χ3n) is 4.38. The molecule has 5 nitrogen and oxygen atoms in total. The van der Waals surface area contributed by atoms with Gasteiger partial charge in [-0.05, 0) is 35.7 Å². The Hall–Kier alpha value is -2.08. The first kappa shape index (κ1) is 19.7. The van der Waals surface area contributed by atoms with Crippen molar-refractivity contribution < 1.29 is 14.3 Å². The first-order chi connectivity index (χ1) is 13.0. The molecule has 2 N–H and O–H groups in total. The van der Waals surface area contributed by atoms with Crippen molar-refractivity contribution in [2.45, 2.75) is 18.9 Å². The highest BCUT2D eigenvalue weighted by atomic mass is 35.5. The highest BCUT2D eigenvalue weighted by Crippen LogP contribution is 2.29.